The summed E-state index contributed by atoms with van der Waals surface area (Å²) >= 11 is 0. The first kappa shape index (κ1) is 23.1. The maximum atomic E-state index is 12.7. The van der Waals surface area contributed by atoms with Gasteiger partial charge in [-0.25, -0.2) is 13.1 Å². The second-order valence-electron chi connectivity index (χ2n) is 9.65. The predicted octanol–water partition coefficient (Wildman–Crippen LogP) is 3.99. The first-order valence-corrected chi connectivity index (χ1v) is 12.9. The number of anilines is 2. The molecule has 2 atom stereocenters. The number of hydrogen-bond acceptors (Lipinski definition) is 4. The minimum absolute atomic E-state index is 0.0353. The van der Waals surface area contributed by atoms with Gasteiger partial charge in [0.25, 0.3) is 0 Å². The Morgan fingerprint density at radius 1 is 1.00 bits per heavy atom. The molecule has 0 radical (unpaired) electrons. The van der Waals surface area contributed by atoms with E-state index < -0.39 is 15.3 Å². The largest absolute Gasteiger partial charge is 0.371 e. The molecule has 1 saturated heterocycles. The molecule has 3 rings (SSSR count). The van der Waals surface area contributed by atoms with Crippen LogP contribution in [0.25, 0.3) is 0 Å². The van der Waals surface area contributed by atoms with E-state index in [0.717, 1.165) is 18.8 Å². The molecule has 168 valence electrons. The lowest BCUT2D eigenvalue weighted by Gasteiger charge is -2.36. The molecule has 1 saturated carbocycles. The van der Waals surface area contributed by atoms with Crippen molar-refractivity contribution < 1.29 is 13.2 Å². The second-order valence-corrected chi connectivity index (χ2v) is 11.9. The first-order chi connectivity index (χ1) is 14.1. The molecule has 30 heavy (non-hydrogen) atoms. The maximum absolute atomic E-state index is 12.7. The molecular formula is C23H37N3O3S. The Balaban J connectivity index is 1.50. The summed E-state index contributed by atoms with van der Waals surface area (Å²) in [6.07, 6.45) is 4.10. The molecule has 6 nitrogen and oxygen atoms in total. The van der Waals surface area contributed by atoms with Gasteiger partial charge in [0.2, 0.25) is 15.9 Å². The van der Waals surface area contributed by atoms with Crippen molar-refractivity contribution >= 4 is 27.3 Å². The molecule has 1 unspecified atom stereocenters. The quantitative estimate of drug-likeness (QED) is 0.708. The molecule has 2 aliphatic rings. The van der Waals surface area contributed by atoms with Gasteiger partial charge in [-0.15, -0.1) is 0 Å². The normalized spacial score (nSPS) is 27.8. The first-order valence-electron chi connectivity index (χ1n) is 11.3. The Hall–Kier alpha value is -1.60. The summed E-state index contributed by atoms with van der Waals surface area (Å²) in [6.45, 7) is 10.1. The molecule has 2 fully saturated rings. The van der Waals surface area contributed by atoms with Crippen LogP contribution in [0.3, 0.4) is 0 Å². The SMILES string of the molecule is CC1C[C@@H](C)CN(c2ccc(NC(=O)[C@H]3CC[C@H](NS(=O)(=O)C(C)C)CC3)cc2)C1. The van der Waals surface area contributed by atoms with Gasteiger partial charge in [0.1, 0.15) is 0 Å². The van der Waals surface area contributed by atoms with Crippen LogP contribution in [0.1, 0.15) is 59.8 Å². The number of carbonyl (C=O) groups excluding carboxylic acids is 1. The molecule has 0 aromatic heterocycles. The van der Waals surface area contributed by atoms with Crippen LogP contribution < -0.4 is 14.9 Å². The summed E-state index contributed by atoms with van der Waals surface area (Å²) < 4.78 is 26.9. The maximum Gasteiger partial charge on any atom is 0.227 e. The van der Waals surface area contributed by atoms with Crippen LogP contribution in [0.4, 0.5) is 11.4 Å². The molecule has 1 heterocycles. The van der Waals surface area contributed by atoms with Gasteiger partial charge in [0.15, 0.2) is 0 Å². The molecular weight excluding hydrogens is 398 g/mol. The summed E-state index contributed by atoms with van der Waals surface area (Å²) in [5, 5.41) is 2.61. The van der Waals surface area contributed by atoms with Crippen molar-refractivity contribution in [1.29, 1.82) is 0 Å². The third-order valence-electron chi connectivity index (χ3n) is 6.42. The number of nitrogens with one attached hydrogen (secondary N) is 2. The van der Waals surface area contributed by atoms with Crippen molar-refractivity contribution in [2.75, 3.05) is 23.3 Å². The van der Waals surface area contributed by atoms with Crippen LogP contribution in [0, 0.1) is 17.8 Å². The van der Waals surface area contributed by atoms with E-state index >= 15 is 0 Å². The Kier molecular flexibility index (Phi) is 7.45. The van der Waals surface area contributed by atoms with Crippen molar-refractivity contribution in [3.63, 3.8) is 0 Å². The van der Waals surface area contributed by atoms with Crippen LogP contribution in [0.2, 0.25) is 0 Å². The second kappa shape index (κ2) is 9.69. The molecule has 1 aliphatic carbocycles. The summed E-state index contributed by atoms with van der Waals surface area (Å²) in [4.78, 5) is 15.1. The molecule has 2 N–H and O–H groups in total. The van der Waals surface area contributed by atoms with E-state index in [-0.39, 0.29) is 17.9 Å². The lowest BCUT2D eigenvalue weighted by molar-refractivity contribution is -0.120. The highest BCUT2D eigenvalue weighted by molar-refractivity contribution is 7.90. The lowest BCUT2D eigenvalue weighted by Crippen LogP contribution is -2.42. The summed E-state index contributed by atoms with van der Waals surface area (Å²) in [7, 11) is -3.26. The number of hydrogen-bond donors (Lipinski definition) is 2. The van der Waals surface area contributed by atoms with Gasteiger partial charge in [-0.2, -0.15) is 0 Å². The molecule has 0 bridgehead atoms. The molecule has 1 aromatic carbocycles. The van der Waals surface area contributed by atoms with E-state index in [0.29, 0.717) is 37.5 Å². The van der Waals surface area contributed by atoms with E-state index in [1.54, 1.807) is 13.8 Å². The van der Waals surface area contributed by atoms with Gasteiger partial charge >= 0.3 is 0 Å². The summed E-state index contributed by atoms with van der Waals surface area (Å²) in [5.74, 6) is 1.38. The van der Waals surface area contributed by atoms with E-state index in [1.165, 1.54) is 12.1 Å². The number of piperidine rings is 1. The van der Waals surface area contributed by atoms with Crippen molar-refractivity contribution in [3.05, 3.63) is 24.3 Å². The van der Waals surface area contributed by atoms with Gasteiger partial charge in [-0.05, 0) is 82.1 Å². The van der Waals surface area contributed by atoms with Gasteiger partial charge in [0.05, 0.1) is 5.25 Å². The zero-order valence-electron chi connectivity index (χ0n) is 18.7. The standard InChI is InChI=1S/C23H37N3O3S/c1-16(2)30(28,29)25-21-7-5-19(6-8-21)23(27)24-20-9-11-22(12-10-20)26-14-17(3)13-18(4)15-26/h9-12,16-19,21,25H,5-8,13-15H2,1-4H3,(H,24,27)/t17-,18?,19-,21-/m1/s1. The minimum atomic E-state index is -3.26. The number of amides is 1. The molecule has 1 amide bonds. The van der Waals surface area contributed by atoms with E-state index in [4.69, 9.17) is 0 Å². The van der Waals surface area contributed by atoms with Crippen LogP contribution in [0.15, 0.2) is 24.3 Å². The fourth-order valence-electron chi connectivity index (χ4n) is 4.72. The van der Waals surface area contributed by atoms with Crippen LogP contribution in [-0.4, -0.2) is 38.7 Å². The van der Waals surface area contributed by atoms with Crippen LogP contribution >= 0.6 is 0 Å². The zero-order chi connectivity index (χ0) is 21.9. The van der Waals surface area contributed by atoms with Crippen molar-refractivity contribution in [3.8, 4) is 0 Å². The Bertz CT molecular complexity index is 805. The molecule has 7 heteroatoms. The topological polar surface area (TPSA) is 78.5 Å². The summed E-state index contributed by atoms with van der Waals surface area (Å²) in [5.41, 5.74) is 2.04. The van der Waals surface area contributed by atoms with Crippen LogP contribution in [0.5, 0.6) is 0 Å². The molecule has 1 aliphatic heterocycles. The fraction of sp³-hybridized carbons (Fsp3) is 0.696. The fourth-order valence-corrected chi connectivity index (χ4v) is 5.69. The van der Waals surface area contributed by atoms with Gasteiger partial charge in [-0.3, -0.25) is 4.79 Å². The highest BCUT2D eigenvalue weighted by Crippen LogP contribution is 2.29. The number of sulfonamides is 1. The van der Waals surface area contributed by atoms with E-state index in [1.807, 2.05) is 12.1 Å². The van der Waals surface area contributed by atoms with E-state index in [2.05, 4.69) is 40.9 Å². The molecule has 1 aromatic rings. The average molecular weight is 436 g/mol. The predicted molar refractivity (Wildman–Crippen MR) is 123 cm³/mol. The monoisotopic (exact) mass is 435 g/mol. The highest BCUT2D eigenvalue weighted by atomic mass is 32.2. The van der Waals surface area contributed by atoms with Crippen molar-refractivity contribution in [2.24, 2.45) is 17.8 Å². The van der Waals surface area contributed by atoms with Crippen LogP contribution in [-0.2, 0) is 14.8 Å². The lowest BCUT2D eigenvalue weighted by atomic mass is 9.86. The van der Waals surface area contributed by atoms with Gasteiger partial charge in [0, 0.05) is 36.4 Å². The van der Waals surface area contributed by atoms with Gasteiger partial charge < -0.3 is 10.2 Å². The van der Waals surface area contributed by atoms with Crippen molar-refractivity contribution in [1.82, 2.24) is 4.72 Å². The molecule has 0 spiro atoms. The van der Waals surface area contributed by atoms with Crippen molar-refractivity contribution in [2.45, 2.75) is 71.1 Å². The number of nitrogens with zero attached hydrogens (tertiary/aromatic N) is 1. The average Bonchev–Trinajstić information content (AvgIpc) is 2.68. The minimum Gasteiger partial charge on any atom is -0.371 e. The Morgan fingerprint density at radius 3 is 2.10 bits per heavy atom. The third-order valence-corrected chi connectivity index (χ3v) is 8.32. The third kappa shape index (κ3) is 5.97. The zero-order valence-corrected chi connectivity index (χ0v) is 19.5. The number of rotatable bonds is 6. The number of benzene rings is 1. The Morgan fingerprint density at radius 2 is 1.57 bits per heavy atom. The smallest absolute Gasteiger partial charge is 0.227 e. The number of carbonyl (C=O) groups is 1. The van der Waals surface area contributed by atoms with E-state index in [9.17, 15) is 13.2 Å². The highest BCUT2D eigenvalue weighted by Gasteiger charge is 2.29. The summed E-state index contributed by atoms with van der Waals surface area (Å²) in [6, 6.07) is 8.10. The Labute approximate surface area is 181 Å². The van der Waals surface area contributed by atoms with Gasteiger partial charge in [-0.1, -0.05) is 13.8 Å².